The number of phenolic OH excluding ortho intramolecular Hbond substituents is 1. The fraction of sp³-hybridized carbons (Fsp3) is 0.250. The van der Waals surface area contributed by atoms with Gasteiger partial charge in [-0.3, -0.25) is 0 Å². The molecule has 0 radical (unpaired) electrons. The van der Waals surface area contributed by atoms with Crippen LogP contribution in [0.4, 0.5) is 0 Å². The minimum absolute atomic E-state index is 0.0337. The number of aliphatic hydroxyl groups is 1. The van der Waals surface area contributed by atoms with E-state index in [0.29, 0.717) is 11.6 Å². The van der Waals surface area contributed by atoms with E-state index in [9.17, 15) is 5.11 Å². The maximum Gasteiger partial charge on any atom is 0.226 e. The van der Waals surface area contributed by atoms with Crippen molar-refractivity contribution < 1.29 is 14.6 Å². The molecule has 0 saturated heterocycles. The van der Waals surface area contributed by atoms with Crippen LogP contribution in [0.25, 0.3) is 11.5 Å². The van der Waals surface area contributed by atoms with Crippen molar-refractivity contribution in [2.45, 2.75) is 12.8 Å². The summed E-state index contributed by atoms with van der Waals surface area (Å²) in [5.74, 6) is 0.577. The highest BCUT2D eigenvalue weighted by Crippen LogP contribution is 2.24. The highest BCUT2D eigenvalue weighted by Gasteiger charge is 2.11. The lowest BCUT2D eigenvalue weighted by Gasteiger charge is -2.00. The normalized spacial score (nSPS) is 12.6. The summed E-state index contributed by atoms with van der Waals surface area (Å²) < 4.78 is 5.30. The zero-order valence-corrected chi connectivity index (χ0v) is 8.92. The number of hydrogen-bond acceptors (Lipinski definition) is 4. The van der Waals surface area contributed by atoms with Gasteiger partial charge in [-0.05, 0) is 18.2 Å². The van der Waals surface area contributed by atoms with Crippen LogP contribution in [-0.4, -0.2) is 21.8 Å². The smallest absolute Gasteiger partial charge is 0.226 e. The number of hydrogen-bond donors (Lipinski definition) is 2. The Morgan fingerprint density at radius 3 is 2.94 bits per heavy atom. The van der Waals surface area contributed by atoms with E-state index in [-0.39, 0.29) is 18.3 Å². The molecule has 2 N–H and O–H groups in total. The Hall–Kier alpha value is -1.81. The second-order valence-electron chi connectivity index (χ2n) is 3.71. The van der Waals surface area contributed by atoms with Crippen LogP contribution in [-0.2, 0) is 0 Å². The van der Waals surface area contributed by atoms with Gasteiger partial charge in [-0.1, -0.05) is 13.0 Å². The summed E-state index contributed by atoms with van der Waals surface area (Å²) in [6.45, 7) is 1.90. The molecular weight excluding hydrogens is 206 g/mol. The molecule has 0 aliphatic rings. The number of phenols is 1. The lowest BCUT2D eigenvalue weighted by atomic mass is 10.1. The molecule has 0 amide bonds. The number of benzene rings is 1. The van der Waals surface area contributed by atoms with Gasteiger partial charge in [0.15, 0.2) is 0 Å². The molecule has 0 aliphatic heterocycles. The van der Waals surface area contributed by atoms with Crippen molar-refractivity contribution in [1.29, 1.82) is 0 Å². The SMILES string of the molecule is CC(CO)c1coc(-c2cccc(O)c2)n1. The van der Waals surface area contributed by atoms with Crippen LogP contribution < -0.4 is 0 Å². The summed E-state index contributed by atoms with van der Waals surface area (Å²) in [5.41, 5.74) is 1.43. The number of oxazole rings is 1. The second-order valence-corrected chi connectivity index (χ2v) is 3.71. The fourth-order valence-corrected chi connectivity index (χ4v) is 1.38. The van der Waals surface area contributed by atoms with Crippen LogP contribution in [0.15, 0.2) is 34.9 Å². The van der Waals surface area contributed by atoms with Gasteiger partial charge in [0.2, 0.25) is 5.89 Å². The Bertz CT molecular complexity index is 479. The molecule has 0 bridgehead atoms. The van der Waals surface area contributed by atoms with Gasteiger partial charge in [-0.25, -0.2) is 4.98 Å². The molecule has 1 aromatic heterocycles. The Morgan fingerprint density at radius 2 is 2.25 bits per heavy atom. The molecule has 2 aromatic rings. The van der Waals surface area contributed by atoms with E-state index < -0.39 is 0 Å². The van der Waals surface area contributed by atoms with Gasteiger partial charge in [0.25, 0.3) is 0 Å². The fourth-order valence-electron chi connectivity index (χ4n) is 1.38. The largest absolute Gasteiger partial charge is 0.508 e. The third-order valence-electron chi connectivity index (χ3n) is 2.39. The maximum atomic E-state index is 9.33. The van der Waals surface area contributed by atoms with Crippen molar-refractivity contribution in [3.8, 4) is 17.2 Å². The van der Waals surface area contributed by atoms with Gasteiger partial charge in [-0.15, -0.1) is 0 Å². The number of aliphatic hydroxyl groups excluding tert-OH is 1. The van der Waals surface area contributed by atoms with Crippen molar-refractivity contribution >= 4 is 0 Å². The Kier molecular flexibility index (Phi) is 2.92. The topological polar surface area (TPSA) is 66.5 Å². The lowest BCUT2D eigenvalue weighted by molar-refractivity contribution is 0.271. The van der Waals surface area contributed by atoms with Crippen molar-refractivity contribution in [3.05, 3.63) is 36.2 Å². The van der Waals surface area contributed by atoms with E-state index in [2.05, 4.69) is 4.98 Å². The second kappa shape index (κ2) is 4.37. The molecule has 1 unspecified atom stereocenters. The summed E-state index contributed by atoms with van der Waals surface area (Å²) in [7, 11) is 0. The average molecular weight is 219 g/mol. The molecule has 2 rings (SSSR count). The van der Waals surface area contributed by atoms with E-state index in [0.717, 1.165) is 5.56 Å². The highest BCUT2D eigenvalue weighted by atomic mass is 16.3. The molecule has 0 fully saturated rings. The first kappa shape index (κ1) is 10.7. The van der Waals surface area contributed by atoms with E-state index in [1.807, 2.05) is 6.92 Å². The van der Waals surface area contributed by atoms with Crippen LogP contribution >= 0.6 is 0 Å². The van der Waals surface area contributed by atoms with Crippen molar-refractivity contribution in [3.63, 3.8) is 0 Å². The summed E-state index contributed by atoms with van der Waals surface area (Å²) in [5, 5.41) is 18.3. The summed E-state index contributed by atoms with van der Waals surface area (Å²) >= 11 is 0. The number of nitrogens with zero attached hydrogens (tertiary/aromatic N) is 1. The monoisotopic (exact) mass is 219 g/mol. The molecule has 4 heteroatoms. The molecule has 0 saturated carbocycles. The molecule has 84 valence electrons. The minimum atomic E-state index is -0.0465. The molecule has 0 spiro atoms. The first-order chi connectivity index (χ1) is 7.70. The van der Waals surface area contributed by atoms with Crippen LogP contribution in [0.3, 0.4) is 0 Å². The number of aromatic hydroxyl groups is 1. The first-order valence-electron chi connectivity index (χ1n) is 5.06. The quantitative estimate of drug-likeness (QED) is 0.830. The van der Waals surface area contributed by atoms with Crippen LogP contribution in [0.1, 0.15) is 18.5 Å². The van der Waals surface area contributed by atoms with Gasteiger partial charge in [-0.2, -0.15) is 0 Å². The van der Waals surface area contributed by atoms with Crippen LogP contribution in [0, 0.1) is 0 Å². The minimum Gasteiger partial charge on any atom is -0.508 e. The summed E-state index contributed by atoms with van der Waals surface area (Å²) in [6, 6.07) is 6.70. The molecule has 1 heterocycles. The van der Waals surface area contributed by atoms with Crippen LogP contribution in [0.5, 0.6) is 5.75 Å². The van der Waals surface area contributed by atoms with E-state index >= 15 is 0 Å². The first-order valence-corrected chi connectivity index (χ1v) is 5.06. The summed E-state index contributed by atoms with van der Waals surface area (Å²) in [6.07, 6.45) is 1.53. The van der Waals surface area contributed by atoms with Crippen molar-refractivity contribution in [1.82, 2.24) is 4.98 Å². The number of rotatable bonds is 3. The molecule has 1 atom stereocenters. The van der Waals surface area contributed by atoms with Crippen LogP contribution in [0.2, 0.25) is 0 Å². The van der Waals surface area contributed by atoms with Gasteiger partial charge < -0.3 is 14.6 Å². The average Bonchev–Trinajstić information content (AvgIpc) is 2.77. The van der Waals surface area contributed by atoms with Crippen molar-refractivity contribution in [2.75, 3.05) is 6.61 Å². The predicted molar refractivity (Wildman–Crippen MR) is 59.1 cm³/mol. The molecule has 16 heavy (non-hydrogen) atoms. The Labute approximate surface area is 93.2 Å². The van der Waals surface area contributed by atoms with Gasteiger partial charge >= 0.3 is 0 Å². The summed E-state index contributed by atoms with van der Waals surface area (Å²) in [4.78, 5) is 4.25. The third kappa shape index (κ3) is 2.06. The standard InChI is InChI=1S/C12H13NO3/c1-8(6-14)11-7-16-12(13-11)9-3-2-4-10(15)5-9/h2-5,7-8,14-15H,6H2,1H3. The maximum absolute atomic E-state index is 9.33. The number of aromatic nitrogens is 1. The third-order valence-corrected chi connectivity index (χ3v) is 2.39. The van der Waals surface area contributed by atoms with Gasteiger partial charge in [0.1, 0.15) is 12.0 Å². The molecular formula is C12H13NO3. The van der Waals surface area contributed by atoms with E-state index in [4.69, 9.17) is 9.52 Å². The zero-order valence-electron chi connectivity index (χ0n) is 8.92. The van der Waals surface area contributed by atoms with E-state index in [1.165, 1.54) is 6.26 Å². The van der Waals surface area contributed by atoms with Gasteiger partial charge in [0.05, 0.1) is 12.3 Å². The van der Waals surface area contributed by atoms with Gasteiger partial charge in [0, 0.05) is 11.5 Å². The molecule has 4 nitrogen and oxygen atoms in total. The highest BCUT2D eigenvalue weighted by molar-refractivity contribution is 5.55. The van der Waals surface area contributed by atoms with Crippen molar-refractivity contribution in [2.24, 2.45) is 0 Å². The molecule has 1 aromatic carbocycles. The molecule has 0 aliphatic carbocycles. The lowest BCUT2D eigenvalue weighted by Crippen LogP contribution is -1.98. The zero-order chi connectivity index (χ0) is 11.5. The Morgan fingerprint density at radius 1 is 1.44 bits per heavy atom. The Balaban J connectivity index is 2.31. The van der Waals surface area contributed by atoms with E-state index in [1.54, 1.807) is 24.3 Å². The predicted octanol–water partition coefficient (Wildman–Crippen LogP) is 2.14.